The van der Waals surface area contributed by atoms with Crippen LogP contribution in [-0.2, 0) is 6.54 Å². The molecule has 17 heavy (non-hydrogen) atoms. The fourth-order valence-electron chi connectivity index (χ4n) is 2.18. The number of benzene rings is 2. The van der Waals surface area contributed by atoms with Gasteiger partial charge in [0.15, 0.2) is 0 Å². The van der Waals surface area contributed by atoms with Gasteiger partial charge in [0.1, 0.15) is 0 Å². The lowest BCUT2D eigenvalue weighted by Crippen LogP contribution is -1.95. The maximum Gasteiger partial charge on any atom is 0.0783 e. The first-order valence-electron chi connectivity index (χ1n) is 5.77. The molecule has 2 heteroatoms. The van der Waals surface area contributed by atoms with Crippen LogP contribution < -0.4 is 5.73 Å². The zero-order valence-corrected chi connectivity index (χ0v) is 9.77. The van der Waals surface area contributed by atoms with E-state index in [2.05, 4.69) is 41.4 Å². The van der Waals surface area contributed by atoms with Crippen molar-refractivity contribution in [3.63, 3.8) is 0 Å². The third-order valence-electron chi connectivity index (χ3n) is 3.12. The van der Waals surface area contributed by atoms with Gasteiger partial charge in [0.2, 0.25) is 0 Å². The average molecular weight is 222 g/mol. The summed E-state index contributed by atoms with van der Waals surface area (Å²) in [6, 6.07) is 14.7. The Morgan fingerprint density at radius 3 is 2.53 bits per heavy atom. The molecular weight excluding hydrogens is 208 g/mol. The Kier molecular flexibility index (Phi) is 2.30. The van der Waals surface area contributed by atoms with Crippen LogP contribution in [0.25, 0.3) is 21.7 Å². The van der Waals surface area contributed by atoms with Gasteiger partial charge in [0.25, 0.3) is 0 Å². The van der Waals surface area contributed by atoms with E-state index in [-0.39, 0.29) is 0 Å². The number of fused-ring (bicyclic) bond motifs is 3. The van der Waals surface area contributed by atoms with Crippen molar-refractivity contribution in [2.45, 2.75) is 13.5 Å². The Labute approximate surface area is 100 Å². The highest BCUT2D eigenvalue weighted by atomic mass is 14.7. The lowest BCUT2D eigenvalue weighted by molar-refractivity contribution is 1.08. The van der Waals surface area contributed by atoms with Crippen molar-refractivity contribution in [1.29, 1.82) is 0 Å². The number of pyridine rings is 1. The van der Waals surface area contributed by atoms with Gasteiger partial charge in [0, 0.05) is 23.0 Å². The van der Waals surface area contributed by atoms with Gasteiger partial charge in [-0.15, -0.1) is 0 Å². The van der Waals surface area contributed by atoms with Crippen LogP contribution >= 0.6 is 0 Å². The molecule has 0 atom stereocenters. The van der Waals surface area contributed by atoms with E-state index in [0.717, 1.165) is 16.8 Å². The highest BCUT2D eigenvalue weighted by Gasteiger charge is 2.03. The van der Waals surface area contributed by atoms with Crippen molar-refractivity contribution < 1.29 is 0 Å². The Bertz CT molecular complexity index is 702. The van der Waals surface area contributed by atoms with Crippen molar-refractivity contribution in [1.82, 2.24) is 4.98 Å². The second kappa shape index (κ2) is 3.82. The number of nitrogens with two attached hydrogens (primary N) is 1. The van der Waals surface area contributed by atoms with E-state index in [1.54, 1.807) is 0 Å². The third-order valence-corrected chi connectivity index (χ3v) is 3.12. The van der Waals surface area contributed by atoms with Crippen molar-refractivity contribution in [2.24, 2.45) is 5.73 Å². The van der Waals surface area contributed by atoms with Crippen LogP contribution in [0.2, 0.25) is 0 Å². The normalized spacial score (nSPS) is 11.2. The molecule has 0 fully saturated rings. The maximum atomic E-state index is 5.69. The zero-order valence-electron chi connectivity index (χ0n) is 9.77. The van der Waals surface area contributed by atoms with Crippen LogP contribution in [-0.4, -0.2) is 4.98 Å². The van der Waals surface area contributed by atoms with Crippen molar-refractivity contribution in [3.05, 3.63) is 53.7 Å². The molecule has 3 rings (SSSR count). The second-order valence-corrected chi connectivity index (χ2v) is 4.35. The Balaban J connectivity index is 2.47. The summed E-state index contributed by atoms with van der Waals surface area (Å²) in [5.74, 6) is 0. The van der Waals surface area contributed by atoms with Gasteiger partial charge in [-0.2, -0.15) is 0 Å². The first-order chi connectivity index (χ1) is 8.28. The van der Waals surface area contributed by atoms with Gasteiger partial charge in [-0.1, -0.05) is 30.3 Å². The van der Waals surface area contributed by atoms with E-state index < -0.39 is 0 Å². The minimum atomic E-state index is 0.568. The second-order valence-electron chi connectivity index (χ2n) is 4.35. The number of hydrogen-bond acceptors (Lipinski definition) is 2. The Morgan fingerprint density at radius 1 is 1.00 bits per heavy atom. The quantitative estimate of drug-likeness (QED) is 0.642. The fraction of sp³-hybridized carbons (Fsp3) is 0.133. The molecule has 0 saturated carbocycles. The highest BCUT2D eigenvalue weighted by Crippen LogP contribution is 2.25. The fourth-order valence-corrected chi connectivity index (χ4v) is 2.18. The molecule has 2 aromatic carbocycles. The summed E-state index contributed by atoms with van der Waals surface area (Å²) in [5.41, 5.74) is 8.95. The molecule has 0 bridgehead atoms. The molecule has 0 aliphatic heterocycles. The molecule has 0 aliphatic rings. The molecule has 2 N–H and O–H groups in total. The van der Waals surface area contributed by atoms with Crippen molar-refractivity contribution >= 4 is 21.7 Å². The van der Waals surface area contributed by atoms with Gasteiger partial charge in [-0.3, -0.25) is 4.98 Å². The van der Waals surface area contributed by atoms with Crippen LogP contribution in [0.4, 0.5) is 0 Å². The van der Waals surface area contributed by atoms with E-state index >= 15 is 0 Å². The van der Waals surface area contributed by atoms with E-state index in [9.17, 15) is 0 Å². The first-order valence-corrected chi connectivity index (χ1v) is 5.77. The number of hydrogen-bond donors (Lipinski definition) is 1. The van der Waals surface area contributed by atoms with Crippen LogP contribution in [0, 0.1) is 6.92 Å². The van der Waals surface area contributed by atoms with Crippen LogP contribution in [0.15, 0.2) is 42.5 Å². The first kappa shape index (κ1) is 10.2. The molecule has 2 nitrogen and oxygen atoms in total. The number of nitrogens with zero attached hydrogens (tertiary/aromatic N) is 1. The minimum Gasteiger partial charge on any atom is -0.326 e. The molecule has 3 aromatic rings. The van der Waals surface area contributed by atoms with E-state index in [1.807, 2.05) is 13.0 Å². The summed E-state index contributed by atoms with van der Waals surface area (Å²) in [7, 11) is 0. The summed E-state index contributed by atoms with van der Waals surface area (Å²) in [6.45, 7) is 2.59. The topological polar surface area (TPSA) is 38.9 Å². The number of rotatable bonds is 1. The molecule has 1 aromatic heterocycles. The summed E-state index contributed by atoms with van der Waals surface area (Å²) in [5, 5.41) is 3.58. The van der Waals surface area contributed by atoms with Crippen LogP contribution in [0.5, 0.6) is 0 Å². The monoisotopic (exact) mass is 222 g/mol. The predicted molar refractivity (Wildman–Crippen MR) is 71.9 cm³/mol. The lowest BCUT2D eigenvalue weighted by atomic mass is 10.0. The van der Waals surface area contributed by atoms with Crippen LogP contribution in [0.3, 0.4) is 0 Å². The number of aryl methyl sites for hydroxylation is 1. The summed E-state index contributed by atoms with van der Waals surface area (Å²) >= 11 is 0. The predicted octanol–water partition coefficient (Wildman–Crippen LogP) is 3.16. The van der Waals surface area contributed by atoms with Gasteiger partial charge < -0.3 is 5.73 Å². The largest absolute Gasteiger partial charge is 0.326 e. The van der Waals surface area contributed by atoms with Crippen molar-refractivity contribution in [2.75, 3.05) is 0 Å². The molecule has 84 valence electrons. The van der Waals surface area contributed by atoms with E-state index in [0.29, 0.717) is 6.54 Å². The van der Waals surface area contributed by atoms with Crippen molar-refractivity contribution in [3.8, 4) is 0 Å². The van der Waals surface area contributed by atoms with Gasteiger partial charge in [-0.25, -0.2) is 0 Å². The van der Waals surface area contributed by atoms with Gasteiger partial charge in [0.05, 0.1) is 5.52 Å². The molecule has 1 heterocycles. The minimum absolute atomic E-state index is 0.568. The average Bonchev–Trinajstić information content (AvgIpc) is 2.38. The van der Waals surface area contributed by atoms with Gasteiger partial charge in [-0.05, 0) is 30.0 Å². The molecule has 0 amide bonds. The maximum absolute atomic E-state index is 5.69. The molecule has 0 radical (unpaired) electrons. The molecule has 0 unspecified atom stereocenters. The smallest absolute Gasteiger partial charge is 0.0783 e. The summed E-state index contributed by atoms with van der Waals surface area (Å²) in [4.78, 5) is 4.64. The van der Waals surface area contributed by atoms with Gasteiger partial charge >= 0.3 is 0 Å². The van der Waals surface area contributed by atoms with E-state index in [4.69, 9.17) is 5.73 Å². The standard InChI is InChI=1S/C15H14N2/c1-10-2-4-13-7-6-12-5-3-11(9-16)8-14(12)15(13)17-10/h2-8H,9,16H2,1H3. The van der Waals surface area contributed by atoms with Crippen LogP contribution in [0.1, 0.15) is 11.3 Å². The zero-order chi connectivity index (χ0) is 11.8. The Morgan fingerprint density at radius 2 is 1.71 bits per heavy atom. The third kappa shape index (κ3) is 1.67. The number of aromatic nitrogens is 1. The lowest BCUT2D eigenvalue weighted by Gasteiger charge is -2.06. The molecule has 0 saturated heterocycles. The summed E-state index contributed by atoms with van der Waals surface area (Å²) < 4.78 is 0. The molecule has 0 spiro atoms. The SMILES string of the molecule is Cc1ccc2ccc3ccc(CN)cc3c2n1. The molecular formula is C15H14N2. The highest BCUT2D eigenvalue weighted by molar-refractivity contribution is 6.05. The Hall–Kier alpha value is -1.93. The molecule has 0 aliphatic carbocycles. The summed E-state index contributed by atoms with van der Waals surface area (Å²) in [6.07, 6.45) is 0. The van der Waals surface area contributed by atoms with E-state index in [1.165, 1.54) is 16.2 Å².